The highest BCUT2D eigenvalue weighted by molar-refractivity contribution is 9.10. The maximum Gasteiger partial charge on any atom is 0.323 e. The number of fused-ring (bicyclic) bond motifs is 1. The van der Waals surface area contributed by atoms with Crippen LogP contribution < -0.4 is 10.1 Å². The lowest BCUT2D eigenvalue weighted by molar-refractivity contribution is -0.143. The predicted octanol–water partition coefficient (Wildman–Crippen LogP) is 1.35. The molecule has 5 nitrogen and oxygen atoms in total. The van der Waals surface area contributed by atoms with Gasteiger partial charge in [0.2, 0.25) is 0 Å². The summed E-state index contributed by atoms with van der Waals surface area (Å²) < 4.78 is 10.5. The molecule has 2 rings (SSSR count). The number of phenolic OH excluding ortho intramolecular Hbond substituents is 1. The van der Waals surface area contributed by atoms with Crippen LogP contribution in [0.1, 0.15) is 11.1 Å². The first-order chi connectivity index (χ1) is 8.58. The van der Waals surface area contributed by atoms with Gasteiger partial charge in [-0.15, -0.1) is 0 Å². The minimum absolute atomic E-state index is 0.109. The molecule has 0 saturated heterocycles. The van der Waals surface area contributed by atoms with Gasteiger partial charge >= 0.3 is 5.97 Å². The van der Waals surface area contributed by atoms with E-state index in [1.807, 2.05) is 6.07 Å². The van der Waals surface area contributed by atoms with Crippen LogP contribution >= 0.6 is 15.9 Å². The summed E-state index contributed by atoms with van der Waals surface area (Å²) >= 11 is 3.34. The van der Waals surface area contributed by atoms with Gasteiger partial charge in [0, 0.05) is 12.1 Å². The number of benzene rings is 1. The summed E-state index contributed by atoms with van der Waals surface area (Å²) in [7, 11) is 2.86. The zero-order chi connectivity index (χ0) is 13.3. The van der Waals surface area contributed by atoms with Gasteiger partial charge in [0.05, 0.1) is 18.7 Å². The van der Waals surface area contributed by atoms with Crippen LogP contribution in [0, 0.1) is 0 Å². The predicted molar refractivity (Wildman–Crippen MR) is 68.7 cm³/mol. The van der Waals surface area contributed by atoms with Crippen LogP contribution in [0.3, 0.4) is 0 Å². The van der Waals surface area contributed by atoms with Gasteiger partial charge in [0.15, 0.2) is 11.5 Å². The van der Waals surface area contributed by atoms with Crippen molar-refractivity contribution in [1.82, 2.24) is 5.32 Å². The zero-order valence-electron chi connectivity index (χ0n) is 10.1. The van der Waals surface area contributed by atoms with E-state index in [1.165, 1.54) is 14.2 Å². The van der Waals surface area contributed by atoms with Gasteiger partial charge in [-0.3, -0.25) is 10.1 Å². The molecule has 1 aliphatic rings. The monoisotopic (exact) mass is 315 g/mol. The van der Waals surface area contributed by atoms with Crippen LogP contribution in [0.5, 0.6) is 11.5 Å². The van der Waals surface area contributed by atoms with E-state index in [9.17, 15) is 9.90 Å². The summed E-state index contributed by atoms with van der Waals surface area (Å²) in [6.45, 7) is 0.407. The number of esters is 1. The normalized spacial score (nSPS) is 18.1. The van der Waals surface area contributed by atoms with Crippen molar-refractivity contribution in [2.75, 3.05) is 14.2 Å². The Balaban J connectivity index is 2.37. The van der Waals surface area contributed by atoms with Crippen LogP contribution in [0.15, 0.2) is 10.5 Å². The third-order valence-electron chi connectivity index (χ3n) is 3.05. The minimum atomic E-state index is -0.373. The van der Waals surface area contributed by atoms with E-state index >= 15 is 0 Å². The number of aromatic hydroxyl groups is 1. The Morgan fingerprint density at radius 3 is 2.89 bits per heavy atom. The molecule has 0 fully saturated rings. The number of methoxy groups -OCH3 is 2. The molecule has 0 spiro atoms. The molecule has 1 heterocycles. The highest BCUT2D eigenvalue weighted by Crippen LogP contribution is 2.40. The Bertz CT molecular complexity index is 489. The smallest absolute Gasteiger partial charge is 0.323 e. The number of carbonyl (C=O) groups excluding carboxylic acids is 1. The lowest BCUT2D eigenvalue weighted by atomic mass is 9.94. The van der Waals surface area contributed by atoms with Gasteiger partial charge in [-0.1, -0.05) is 0 Å². The molecule has 0 bridgehead atoms. The second-order valence-corrected chi connectivity index (χ2v) is 4.89. The van der Waals surface area contributed by atoms with Crippen LogP contribution in [-0.4, -0.2) is 31.3 Å². The first kappa shape index (κ1) is 13.2. The van der Waals surface area contributed by atoms with Crippen molar-refractivity contribution in [2.24, 2.45) is 0 Å². The lowest BCUT2D eigenvalue weighted by Crippen LogP contribution is -2.42. The largest absolute Gasteiger partial charge is 0.504 e. The Kier molecular flexibility index (Phi) is 3.77. The molecule has 0 saturated carbocycles. The molecule has 6 heteroatoms. The number of carbonyl (C=O) groups is 1. The topological polar surface area (TPSA) is 67.8 Å². The molecule has 98 valence electrons. The summed E-state index contributed by atoms with van der Waals surface area (Å²) in [6.07, 6.45) is 0.484. The highest BCUT2D eigenvalue weighted by Gasteiger charge is 2.28. The molecule has 0 amide bonds. The van der Waals surface area contributed by atoms with E-state index in [4.69, 9.17) is 9.47 Å². The molecule has 18 heavy (non-hydrogen) atoms. The Hall–Kier alpha value is -1.27. The average molecular weight is 316 g/mol. The maximum absolute atomic E-state index is 11.5. The van der Waals surface area contributed by atoms with Gasteiger partial charge in [0.25, 0.3) is 0 Å². The van der Waals surface area contributed by atoms with E-state index in [0.717, 1.165) is 11.1 Å². The quantitative estimate of drug-likeness (QED) is 0.806. The fourth-order valence-electron chi connectivity index (χ4n) is 2.11. The van der Waals surface area contributed by atoms with Gasteiger partial charge in [0.1, 0.15) is 6.04 Å². The Morgan fingerprint density at radius 1 is 1.56 bits per heavy atom. The second-order valence-electron chi connectivity index (χ2n) is 4.04. The van der Waals surface area contributed by atoms with E-state index in [2.05, 4.69) is 21.2 Å². The molecule has 1 atom stereocenters. The zero-order valence-corrected chi connectivity index (χ0v) is 11.7. The first-order valence-electron chi connectivity index (χ1n) is 5.47. The standard InChI is InChI=1S/C12H14BrNO4/c1-17-11-8(13)3-6-4-9(12(16)18-2)14-5-7(6)10(11)15/h3,9,14-15H,4-5H2,1-2H3. The molecule has 1 unspecified atom stereocenters. The molecule has 2 N–H and O–H groups in total. The van der Waals surface area contributed by atoms with E-state index in [1.54, 1.807) is 0 Å². The molecule has 1 aromatic rings. The van der Waals surface area contributed by atoms with Crippen molar-refractivity contribution in [2.45, 2.75) is 19.0 Å². The van der Waals surface area contributed by atoms with Gasteiger partial charge < -0.3 is 14.6 Å². The third-order valence-corrected chi connectivity index (χ3v) is 3.63. The van der Waals surface area contributed by atoms with Gasteiger partial charge in [-0.25, -0.2) is 0 Å². The van der Waals surface area contributed by atoms with Crippen LogP contribution in [0.2, 0.25) is 0 Å². The van der Waals surface area contributed by atoms with Crippen molar-refractivity contribution in [3.63, 3.8) is 0 Å². The number of halogens is 1. The van der Waals surface area contributed by atoms with Crippen molar-refractivity contribution in [3.8, 4) is 11.5 Å². The number of ether oxygens (including phenoxy) is 2. The number of hydrogen-bond acceptors (Lipinski definition) is 5. The SMILES string of the molecule is COC(=O)C1Cc2cc(Br)c(OC)c(O)c2CN1. The number of rotatable bonds is 2. The molecule has 0 aliphatic carbocycles. The van der Waals surface area contributed by atoms with E-state index in [0.29, 0.717) is 23.2 Å². The van der Waals surface area contributed by atoms with Gasteiger partial charge in [-0.2, -0.15) is 0 Å². The molecule has 0 radical (unpaired) electrons. The highest BCUT2D eigenvalue weighted by atomic mass is 79.9. The second kappa shape index (κ2) is 5.16. The molecule has 1 aromatic carbocycles. The molecular formula is C12H14BrNO4. The first-order valence-corrected chi connectivity index (χ1v) is 6.26. The van der Waals surface area contributed by atoms with Crippen molar-refractivity contribution in [3.05, 3.63) is 21.7 Å². The fraction of sp³-hybridized carbons (Fsp3) is 0.417. The van der Waals surface area contributed by atoms with Crippen LogP contribution in [0.4, 0.5) is 0 Å². The van der Waals surface area contributed by atoms with E-state index in [-0.39, 0.29) is 17.8 Å². The summed E-state index contributed by atoms with van der Waals surface area (Å²) in [4.78, 5) is 11.5. The summed E-state index contributed by atoms with van der Waals surface area (Å²) in [5, 5.41) is 13.1. The van der Waals surface area contributed by atoms with Crippen molar-refractivity contribution >= 4 is 21.9 Å². The number of hydrogen-bond donors (Lipinski definition) is 2. The number of nitrogens with one attached hydrogen (secondary N) is 1. The number of phenols is 1. The summed E-state index contributed by atoms with van der Waals surface area (Å²) in [5.74, 6) is 0.219. The summed E-state index contributed by atoms with van der Waals surface area (Å²) in [5.41, 5.74) is 1.67. The molecular weight excluding hydrogens is 302 g/mol. The van der Waals surface area contributed by atoms with Crippen LogP contribution in [-0.2, 0) is 22.5 Å². The molecule has 0 aromatic heterocycles. The lowest BCUT2D eigenvalue weighted by Gasteiger charge is -2.26. The molecule has 1 aliphatic heterocycles. The van der Waals surface area contributed by atoms with Gasteiger partial charge in [-0.05, 0) is 34.0 Å². The van der Waals surface area contributed by atoms with Crippen molar-refractivity contribution in [1.29, 1.82) is 0 Å². The van der Waals surface area contributed by atoms with Crippen LogP contribution in [0.25, 0.3) is 0 Å². The third kappa shape index (κ3) is 2.18. The average Bonchev–Trinajstić information content (AvgIpc) is 2.37. The van der Waals surface area contributed by atoms with Crippen molar-refractivity contribution < 1.29 is 19.4 Å². The minimum Gasteiger partial charge on any atom is -0.504 e. The Labute approximate surface area is 113 Å². The fourth-order valence-corrected chi connectivity index (χ4v) is 2.73. The summed E-state index contributed by atoms with van der Waals surface area (Å²) in [6, 6.07) is 1.49. The maximum atomic E-state index is 11.5. The Morgan fingerprint density at radius 2 is 2.28 bits per heavy atom. The van der Waals surface area contributed by atoms with E-state index < -0.39 is 0 Å².